The molecular formula is C22H18O4. The molecule has 0 amide bonds. The molecule has 4 heteroatoms. The smallest absolute Gasteiger partial charge is 0.379 e. The maximum absolute atomic E-state index is 12.1. The van der Waals surface area contributed by atoms with E-state index in [-0.39, 0.29) is 6.61 Å². The van der Waals surface area contributed by atoms with Crippen LogP contribution >= 0.6 is 0 Å². The van der Waals surface area contributed by atoms with E-state index >= 15 is 0 Å². The van der Waals surface area contributed by atoms with E-state index < -0.39 is 11.8 Å². The third kappa shape index (κ3) is 3.98. The predicted octanol–water partition coefficient (Wildman–Crippen LogP) is 4.29. The number of ketones is 1. The summed E-state index contributed by atoms with van der Waals surface area (Å²) in [7, 11) is 1.19. The van der Waals surface area contributed by atoms with Crippen LogP contribution < -0.4 is 4.74 Å². The van der Waals surface area contributed by atoms with E-state index in [0.717, 1.165) is 11.1 Å². The maximum Gasteiger partial charge on any atom is 0.379 e. The molecule has 0 bridgehead atoms. The second-order valence-electron chi connectivity index (χ2n) is 5.66. The van der Waals surface area contributed by atoms with Gasteiger partial charge in [-0.15, -0.1) is 0 Å². The molecule has 3 aromatic carbocycles. The molecule has 0 heterocycles. The van der Waals surface area contributed by atoms with Crippen LogP contribution in [0.2, 0.25) is 0 Å². The van der Waals surface area contributed by atoms with Gasteiger partial charge in [0.05, 0.1) is 7.11 Å². The molecule has 0 atom stereocenters. The molecule has 0 saturated carbocycles. The Labute approximate surface area is 152 Å². The Hall–Kier alpha value is -3.40. The summed E-state index contributed by atoms with van der Waals surface area (Å²) in [5.74, 6) is -0.874. The molecule has 0 aliphatic rings. The highest BCUT2D eigenvalue weighted by Gasteiger charge is 2.19. The Balaban J connectivity index is 1.72. The first kappa shape index (κ1) is 17.4. The monoisotopic (exact) mass is 346 g/mol. The van der Waals surface area contributed by atoms with Crippen molar-refractivity contribution in [1.82, 2.24) is 0 Å². The number of benzene rings is 3. The van der Waals surface area contributed by atoms with E-state index in [0.29, 0.717) is 16.9 Å². The average molecular weight is 346 g/mol. The number of esters is 1. The van der Waals surface area contributed by atoms with Crippen molar-refractivity contribution in [2.45, 2.75) is 6.61 Å². The lowest BCUT2D eigenvalue weighted by atomic mass is 10.0. The van der Waals surface area contributed by atoms with Crippen molar-refractivity contribution < 1.29 is 19.1 Å². The highest BCUT2D eigenvalue weighted by atomic mass is 16.5. The van der Waals surface area contributed by atoms with Crippen molar-refractivity contribution in [2.75, 3.05) is 7.11 Å². The number of hydrogen-bond donors (Lipinski definition) is 0. The zero-order valence-corrected chi connectivity index (χ0v) is 14.3. The lowest BCUT2D eigenvalue weighted by Gasteiger charge is -2.10. The van der Waals surface area contributed by atoms with E-state index in [1.807, 2.05) is 54.6 Å². The number of Topliss-reactive ketones (excluding diaryl/α,β-unsaturated/α-hetero) is 1. The highest BCUT2D eigenvalue weighted by Crippen LogP contribution is 2.23. The Morgan fingerprint density at radius 1 is 0.769 bits per heavy atom. The van der Waals surface area contributed by atoms with Gasteiger partial charge in [0, 0.05) is 11.1 Å². The lowest BCUT2D eigenvalue weighted by Crippen LogP contribution is -2.18. The Morgan fingerprint density at radius 3 is 2.08 bits per heavy atom. The molecule has 26 heavy (non-hydrogen) atoms. The van der Waals surface area contributed by atoms with E-state index in [4.69, 9.17) is 4.74 Å². The molecule has 0 fully saturated rings. The van der Waals surface area contributed by atoms with Crippen molar-refractivity contribution in [2.24, 2.45) is 0 Å². The van der Waals surface area contributed by atoms with Crippen molar-refractivity contribution in [3.63, 3.8) is 0 Å². The summed E-state index contributed by atoms with van der Waals surface area (Å²) >= 11 is 0. The Bertz CT molecular complexity index is 899. The zero-order valence-electron chi connectivity index (χ0n) is 14.3. The molecule has 0 spiro atoms. The van der Waals surface area contributed by atoms with Crippen LogP contribution in [0.3, 0.4) is 0 Å². The van der Waals surface area contributed by atoms with Gasteiger partial charge in [-0.3, -0.25) is 4.79 Å². The summed E-state index contributed by atoms with van der Waals surface area (Å²) in [5.41, 5.74) is 3.16. The minimum absolute atomic E-state index is 0.184. The van der Waals surface area contributed by atoms with Gasteiger partial charge in [0.25, 0.3) is 5.78 Å². The molecule has 130 valence electrons. The van der Waals surface area contributed by atoms with Crippen LogP contribution in [0.5, 0.6) is 5.75 Å². The second-order valence-corrected chi connectivity index (χ2v) is 5.66. The van der Waals surface area contributed by atoms with E-state index in [1.54, 1.807) is 24.3 Å². The van der Waals surface area contributed by atoms with Gasteiger partial charge < -0.3 is 9.47 Å². The summed E-state index contributed by atoms with van der Waals surface area (Å²) in [6.07, 6.45) is 0. The molecule has 0 radical (unpaired) electrons. The Kier molecular flexibility index (Phi) is 5.44. The summed E-state index contributed by atoms with van der Waals surface area (Å²) in [5, 5.41) is 0. The fourth-order valence-corrected chi connectivity index (χ4v) is 2.61. The van der Waals surface area contributed by atoms with Crippen LogP contribution in [0, 0.1) is 0 Å². The summed E-state index contributed by atoms with van der Waals surface area (Å²) in [4.78, 5) is 23.6. The van der Waals surface area contributed by atoms with Gasteiger partial charge in [0.1, 0.15) is 12.4 Å². The van der Waals surface area contributed by atoms with Gasteiger partial charge >= 0.3 is 5.97 Å². The molecule has 0 aliphatic heterocycles. The molecule has 3 aromatic rings. The third-order valence-corrected chi connectivity index (χ3v) is 3.99. The number of rotatable bonds is 6. The summed E-state index contributed by atoms with van der Waals surface area (Å²) < 4.78 is 10.3. The Morgan fingerprint density at radius 2 is 1.38 bits per heavy atom. The van der Waals surface area contributed by atoms with Crippen molar-refractivity contribution in [1.29, 1.82) is 0 Å². The first-order chi connectivity index (χ1) is 12.7. The maximum atomic E-state index is 12.1. The van der Waals surface area contributed by atoms with E-state index in [2.05, 4.69) is 4.74 Å². The predicted molar refractivity (Wildman–Crippen MR) is 99.0 cm³/mol. The van der Waals surface area contributed by atoms with Gasteiger partial charge in [-0.2, -0.15) is 0 Å². The fourth-order valence-electron chi connectivity index (χ4n) is 2.61. The van der Waals surface area contributed by atoms with Gasteiger partial charge in [0.15, 0.2) is 0 Å². The van der Waals surface area contributed by atoms with Crippen LogP contribution in [0.4, 0.5) is 0 Å². The van der Waals surface area contributed by atoms with Crippen LogP contribution in [0.25, 0.3) is 11.1 Å². The average Bonchev–Trinajstić information content (AvgIpc) is 2.72. The van der Waals surface area contributed by atoms with Crippen LogP contribution in [0.1, 0.15) is 15.9 Å². The number of methoxy groups -OCH3 is 1. The van der Waals surface area contributed by atoms with Crippen LogP contribution in [-0.4, -0.2) is 18.9 Å². The number of ether oxygens (including phenoxy) is 2. The highest BCUT2D eigenvalue weighted by molar-refractivity contribution is 6.40. The van der Waals surface area contributed by atoms with Gasteiger partial charge in [0.2, 0.25) is 0 Å². The lowest BCUT2D eigenvalue weighted by molar-refractivity contribution is -0.135. The minimum atomic E-state index is -0.885. The van der Waals surface area contributed by atoms with Crippen molar-refractivity contribution >= 4 is 11.8 Å². The minimum Gasteiger partial charge on any atom is -0.489 e. The first-order valence-electron chi connectivity index (χ1n) is 8.18. The number of carbonyl (C=O) groups excluding carboxylic acids is 2. The molecule has 3 rings (SSSR count). The van der Waals surface area contributed by atoms with Gasteiger partial charge in [-0.1, -0.05) is 66.7 Å². The standard InChI is InChI=1S/C22H18O4/c1-25-22(24)21(23)20-10-6-5-9-18(20)15-26-19-13-11-17(12-14-19)16-7-3-2-4-8-16/h2-14H,15H2,1H3. The fraction of sp³-hybridized carbons (Fsp3) is 0.0909. The quantitative estimate of drug-likeness (QED) is 0.380. The molecule has 4 nitrogen and oxygen atoms in total. The molecule has 0 N–H and O–H groups in total. The van der Waals surface area contributed by atoms with Gasteiger partial charge in [-0.05, 0) is 23.3 Å². The van der Waals surface area contributed by atoms with E-state index in [9.17, 15) is 9.59 Å². The molecule has 0 aromatic heterocycles. The van der Waals surface area contributed by atoms with E-state index in [1.165, 1.54) is 7.11 Å². The largest absolute Gasteiger partial charge is 0.489 e. The molecule has 0 unspecified atom stereocenters. The zero-order chi connectivity index (χ0) is 18.4. The number of hydrogen-bond acceptors (Lipinski definition) is 4. The summed E-state index contributed by atoms with van der Waals surface area (Å²) in [6, 6.07) is 24.6. The van der Waals surface area contributed by atoms with Crippen molar-refractivity contribution in [3.8, 4) is 16.9 Å². The summed E-state index contributed by atoms with van der Waals surface area (Å²) in [6.45, 7) is 0.184. The number of carbonyl (C=O) groups is 2. The van der Waals surface area contributed by atoms with Crippen LogP contribution in [0.15, 0.2) is 78.9 Å². The van der Waals surface area contributed by atoms with Gasteiger partial charge in [-0.25, -0.2) is 4.79 Å². The first-order valence-corrected chi connectivity index (χ1v) is 8.18. The van der Waals surface area contributed by atoms with Crippen molar-refractivity contribution in [3.05, 3.63) is 90.0 Å². The third-order valence-electron chi connectivity index (χ3n) is 3.99. The molecule has 0 saturated heterocycles. The molecule has 0 aliphatic carbocycles. The second kappa shape index (κ2) is 8.12. The topological polar surface area (TPSA) is 52.6 Å². The molecular weight excluding hydrogens is 328 g/mol. The normalized spacial score (nSPS) is 10.2. The van der Waals surface area contributed by atoms with Crippen LogP contribution in [-0.2, 0) is 16.1 Å². The SMILES string of the molecule is COC(=O)C(=O)c1ccccc1COc1ccc(-c2ccccc2)cc1.